The number of benzene rings is 1. The summed E-state index contributed by atoms with van der Waals surface area (Å²) >= 11 is 5.13. The molecule has 178 valence electrons. The molecule has 10 heteroatoms. The van der Waals surface area contributed by atoms with E-state index in [1.165, 1.54) is 80.9 Å². The maximum absolute atomic E-state index is 10.6. The number of phenols is 2. The fourth-order valence-electron chi connectivity index (χ4n) is 3.02. The Morgan fingerprint density at radius 3 is 2.06 bits per heavy atom. The Kier molecular flexibility index (Phi) is 13.3. The van der Waals surface area contributed by atoms with E-state index in [0.717, 1.165) is 23.9 Å². The number of aliphatic carboxylic acids is 1. The van der Waals surface area contributed by atoms with Gasteiger partial charge < -0.3 is 15.3 Å². The van der Waals surface area contributed by atoms with E-state index in [1.54, 1.807) is 23.9 Å². The molecule has 2 rings (SSSR count). The van der Waals surface area contributed by atoms with Gasteiger partial charge in [-0.05, 0) is 24.3 Å². The molecule has 0 spiro atoms. The number of phenolic OH excluding ortho intramolecular Hbond substituents is 2. The summed E-state index contributed by atoms with van der Waals surface area (Å²) in [6, 6.07) is 3.14. The molecule has 2 aromatic rings. The molecule has 3 N–H and O–H groups in total. The second kappa shape index (κ2) is 15.7. The first-order valence-electron chi connectivity index (χ1n) is 11.0. The van der Waals surface area contributed by atoms with Crippen LogP contribution in [0.4, 0.5) is 0 Å². The van der Waals surface area contributed by atoms with Gasteiger partial charge in [0.05, 0.1) is 15.5 Å². The van der Waals surface area contributed by atoms with Crippen LogP contribution in [-0.2, 0) is 4.79 Å². The summed E-state index contributed by atoms with van der Waals surface area (Å²) in [5.74, 6) is 0.167. The van der Waals surface area contributed by atoms with E-state index in [-0.39, 0.29) is 17.3 Å². The summed E-state index contributed by atoms with van der Waals surface area (Å²) in [5.41, 5.74) is 0. The molecule has 0 radical (unpaired) electrons. The summed E-state index contributed by atoms with van der Waals surface area (Å²) in [6.45, 7) is 2.24. The maximum atomic E-state index is 10.6. The van der Waals surface area contributed by atoms with E-state index >= 15 is 0 Å². The van der Waals surface area contributed by atoms with Crippen LogP contribution in [0, 0.1) is 0 Å². The van der Waals surface area contributed by atoms with E-state index in [1.807, 2.05) is 0 Å². The fourth-order valence-corrected chi connectivity index (χ4v) is 6.73. The number of hydrogen-bond acceptors (Lipinski definition) is 9. The molecular formula is C22H32N2O4S4. The number of carboxylic acids is 1. The number of nitrogens with zero attached hydrogens (tertiary/aromatic N) is 2. The highest BCUT2D eigenvalue weighted by atomic mass is 32.2. The first-order chi connectivity index (χ1) is 15.5. The molecule has 0 saturated heterocycles. The number of thioether (sulfide) groups is 2. The standard InChI is InChI=1S/C22H32N2O4S4/c1-2-3-4-5-6-7-8-9-10-11-12-29-18-13-17(26)19(14-16(18)25)31-22-24-23-21(32-22)30-15-20(27)28/h13-14,25-26H,2-12,15H2,1H3,(H,27,28). The van der Waals surface area contributed by atoms with Gasteiger partial charge in [-0.15, -0.1) is 22.0 Å². The number of unbranched alkanes of at least 4 members (excludes halogenated alkanes) is 9. The minimum absolute atomic E-state index is 0.0731. The normalized spacial score (nSPS) is 11.2. The molecular weight excluding hydrogens is 485 g/mol. The van der Waals surface area contributed by atoms with Crippen molar-refractivity contribution in [3.8, 4) is 11.5 Å². The molecule has 0 aliphatic carbocycles. The Balaban J connectivity index is 1.69. The van der Waals surface area contributed by atoms with Crippen molar-refractivity contribution in [2.24, 2.45) is 0 Å². The van der Waals surface area contributed by atoms with Crippen LogP contribution in [0.1, 0.15) is 71.1 Å². The first kappa shape index (κ1) is 27.1. The van der Waals surface area contributed by atoms with Gasteiger partial charge in [0.2, 0.25) is 0 Å². The molecule has 0 unspecified atom stereocenters. The van der Waals surface area contributed by atoms with Gasteiger partial charge in [0, 0.05) is 0 Å². The van der Waals surface area contributed by atoms with Crippen LogP contribution in [0.25, 0.3) is 0 Å². The largest absolute Gasteiger partial charge is 0.507 e. The molecule has 0 atom stereocenters. The quantitative estimate of drug-likeness (QED) is 0.113. The zero-order valence-corrected chi connectivity index (χ0v) is 21.7. The van der Waals surface area contributed by atoms with Gasteiger partial charge in [-0.2, -0.15) is 0 Å². The number of carbonyl (C=O) groups is 1. The maximum Gasteiger partial charge on any atom is 0.313 e. The Hall–Kier alpha value is -1.10. The van der Waals surface area contributed by atoms with Crippen molar-refractivity contribution in [2.75, 3.05) is 11.5 Å². The highest BCUT2D eigenvalue weighted by molar-refractivity contribution is 8.03. The van der Waals surface area contributed by atoms with Crippen molar-refractivity contribution in [1.29, 1.82) is 0 Å². The Morgan fingerprint density at radius 1 is 0.844 bits per heavy atom. The number of aromatic nitrogens is 2. The summed E-state index contributed by atoms with van der Waals surface area (Å²) in [6.07, 6.45) is 12.9. The minimum atomic E-state index is -0.909. The Morgan fingerprint density at radius 2 is 1.41 bits per heavy atom. The lowest BCUT2D eigenvalue weighted by Crippen LogP contribution is -1.96. The third kappa shape index (κ3) is 10.7. The number of hydrogen-bond donors (Lipinski definition) is 3. The summed E-state index contributed by atoms with van der Waals surface area (Å²) < 4.78 is 1.14. The highest BCUT2D eigenvalue weighted by Gasteiger charge is 2.14. The summed E-state index contributed by atoms with van der Waals surface area (Å²) in [5, 5.41) is 37.4. The fraction of sp³-hybridized carbons (Fsp3) is 0.591. The van der Waals surface area contributed by atoms with Crippen LogP contribution in [0.2, 0.25) is 0 Å². The van der Waals surface area contributed by atoms with Gasteiger partial charge >= 0.3 is 5.97 Å². The van der Waals surface area contributed by atoms with Crippen molar-refractivity contribution < 1.29 is 20.1 Å². The molecule has 0 amide bonds. The van der Waals surface area contributed by atoms with Gasteiger partial charge in [-0.3, -0.25) is 4.79 Å². The smallest absolute Gasteiger partial charge is 0.313 e. The van der Waals surface area contributed by atoms with Crippen LogP contribution in [0.5, 0.6) is 11.5 Å². The Bertz CT molecular complexity index is 832. The molecule has 0 saturated carbocycles. The van der Waals surface area contributed by atoms with Crippen LogP contribution < -0.4 is 0 Å². The van der Waals surface area contributed by atoms with Crippen molar-refractivity contribution in [3.63, 3.8) is 0 Å². The Labute approximate surface area is 207 Å². The lowest BCUT2D eigenvalue weighted by atomic mass is 10.1. The van der Waals surface area contributed by atoms with E-state index in [9.17, 15) is 15.0 Å². The van der Waals surface area contributed by atoms with Crippen LogP contribution in [-0.4, -0.2) is 43.0 Å². The second-order valence-corrected chi connectivity index (χ2v) is 12.1. The topological polar surface area (TPSA) is 104 Å². The minimum Gasteiger partial charge on any atom is -0.507 e. The number of rotatable bonds is 17. The monoisotopic (exact) mass is 516 g/mol. The highest BCUT2D eigenvalue weighted by Crippen LogP contribution is 2.43. The molecule has 1 heterocycles. The van der Waals surface area contributed by atoms with Crippen molar-refractivity contribution in [3.05, 3.63) is 12.1 Å². The molecule has 0 aliphatic rings. The zero-order valence-electron chi connectivity index (χ0n) is 18.4. The average Bonchev–Trinajstić information content (AvgIpc) is 3.21. The van der Waals surface area contributed by atoms with Crippen molar-refractivity contribution in [2.45, 2.75) is 89.6 Å². The van der Waals surface area contributed by atoms with Crippen LogP contribution >= 0.6 is 46.6 Å². The van der Waals surface area contributed by atoms with Gasteiger partial charge in [0.15, 0.2) is 8.68 Å². The molecule has 0 fully saturated rings. The van der Waals surface area contributed by atoms with Gasteiger partial charge in [0.1, 0.15) is 11.5 Å². The third-order valence-corrected chi connectivity index (χ3v) is 8.97. The van der Waals surface area contributed by atoms with E-state index < -0.39 is 5.97 Å². The first-order valence-corrected chi connectivity index (χ1v) is 14.6. The van der Waals surface area contributed by atoms with Crippen LogP contribution in [0.15, 0.2) is 30.6 Å². The SMILES string of the molecule is CCCCCCCCCCCCSc1cc(O)c(Sc2nnc(SCC(=O)O)s2)cc1O. The molecule has 32 heavy (non-hydrogen) atoms. The molecule has 1 aromatic carbocycles. The summed E-state index contributed by atoms with van der Waals surface area (Å²) in [4.78, 5) is 11.8. The molecule has 0 aliphatic heterocycles. The van der Waals surface area contributed by atoms with Gasteiger partial charge in [0.25, 0.3) is 0 Å². The van der Waals surface area contributed by atoms with Gasteiger partial charge in [-0.25, -0.2) is 0 Å². The zero-order chi connectivity index (χ0) is 23.2. The predicted octanol–water partition coefficient (Wildman–Crippen LogP) is 7.29. The lowest BCUT2D eigenvalue weighted by Gasteiger charge is -2.08. The number of aromatic hydroxyl groups is 2. The van der Waals surface area contributed by atoms with E-state index in [0.29, 0.717) is 18.5 Å². The van der Waals surface area contributed by atoms with Gasteiger partial charge in [-0.1, -0.05) is 99.6 Å². The van der Waals surface area contributed by atoms with Crippen molar-refractivity contribution >= 4 is 52.6 Å². The van der Waals surface area contributed by atoms with Crippen molar-refractivity contribution in [1.82, 2.24) is 10.2 Å². The molecule has 0 bridgehead atoms. The second-order valence-electron chi connectivity index (χ2n) is 7.44. The average molecular weight is 517 g/mol. The third-order valence-electron chi connectivity index (χ3n) is 4.70. The molecule has 6 nitrogen and oxygen atoms in total. The molecule has 1 aromatic heterocycles. The lowest BCUT2D eigenvalue weighted by molar-refractivity contribution is -0.133. The predicted molar refractivity (Wildman–Crippen MR) is 135 cm³/mol. The number of carboxylic acid groups (broad SMARTS) is 1. The van der Waals surface area contributed by atoms with E-state index in [2.05, 4.69) is 17.1 Å². The van der Waals surface area contributed by atoms with E-state index in [4.69, 9.17) is 5.11 Å². The summed E-state index contributed by atoms with van der Waals surface area (Å²) in [7, 11) is 0. The van der Waals surface area contributed by atoms with Crippen LogP contribution in [0.3, 0.4) is 0 Å².